The van der Waals surface area contributed by atoms with Gasteiger partial charge in [-0.2, -0.15) is 0 Å². The van der Waals surface area contributed by atoms with E-state index in [9.17, 15) is 5.21 Å². The van der Waals surface area contributed by atoms with Crippen molar-refractivity contribution in [3.8, 4) is 0 Å². The van der Waals surface area contributed by atoms with Crippen LogP contribution in [0.5, 0.6) is 0 Å². The van der Waals surface area contributed by atoms with Gasteiger partial charge in [0, 0.05) is 0 Å². The Labute approximate surface area is 139 Å². The molecule has 1 atom stereocenters. The van der Waals surface area contributed by atoms with Crippen molar-refractivity contribution in [1.29, 1.82) is 0 Å². The van der Waals surface area contributed by atoms with Crippen molar-refractivity contribution in [2.45, 2.75) is 104 Å². The van der Waals surface area contributed by atoms with Gasteiger partial charge in [-0.1, -0.05) is 90.9 Å². The fraction of sp³-hybridized carbons (Fsp3) is 1.00. The average molecular weight is 316 g/mol. The van der Waals surface area contributed by atoms with Gasteiger partial charge in [-0.05, 0) is 18.8 Å². The lowest BCUT2D eigenvalue weighted by atomic mass is 10.0. The molecule has 3 nitrogen and oxygen atoms in total. The van der Waals surface area contributed by atoms with Crippen molar-refractivity contribution < 1.29 is 10.2 Å². The summed E-state index contributed by atoms with van der Waals surface area (Å²) in [5.41, 5.74) is 0. The van der Waals surface area contributed by atoms with Crippen LogP contribution in [0.2, 0.25) is 0 Å². The van der Waals surface area contributed by atoms with Gasteiger partial charge in [0.15, 0.2) is 6.73 Å². The third kappa shape index (κ3) is 17.9. The highest BCUT2D eigenvalue weighted by molar-refractivity contribution is 4.50. The lowest BCUT2D eigenvalue weighted by Crippen LogP contribution is -3.07. The van der Waals surface area contributed by atoms with Crippen molar-refractivity contribution >= 4 is 0 Å². The first kappa shape index (κ1) is 21.9. The van der Waals surface area contributed by atoms with Crippen molar-refractivity contribution in [2.75, 3.05) is 13.3 Å². The van der Waals surface area contributed by atoms with E-state index in [4.69, 9.17) is 5.11 Å². The maximum absolute atomic E-state index is 10.9. The number of aliphatic hydroxyl groups is 1. The van der Waals surface area contributed by atoms with Gasteiger partial charge in [0.25, 0.3) is 0 Å². The summed E-state index contributed by atoms with van der Waals surface area (Å²) in [5, 5.41) is 19.5. The summed E-state index contributed by atoms with van der Waals surface area (Å²) in [7, 11) is 0. The minimum atomic E-state index is -0.280. The fourth-order valence-corrected chi connectivity index (χ4v) is 2.90. The van der Waals surface area contributed by atoms with E-state index in [0.717, 1.165) is 18.8 Å². The van der Waals surface area contributed by atoms with Crippen molar-refractivity contribution in [2.24, 2.45) is 5.92 Å². The highest BCUT2D eigenvalue weighted by atomic mass is 16.5. The quantitative estimate of drug-likeness (QED) is 0.237. The Kier molecular flexibility index (Phi) is 17.1. The van der Waals surface area contributed by atoms with E-state index in [1.807, 2.05) is 0 Å². The van der Waals surface area contributed by atoms with Crippen LogP contribution in [-0.4, -0.2) is 18.4 Å². The minimum Gasteiger partial charge on any atom is -0.633 e. The molecule has 0 aliphatic rings. The second kappa shape index (κ2) is 17.2. The van der Waals surface area contributed by atoms with E-state index in [0.29, 0.717) is 6.54 Å². The summed E-state index contributed by atoms with van der Waals surface area (Å²) in [4.78, 5) is 0. The van der Waals surface area contributed by atoms with Crippen LogP contribution in [0.3, 0.4) is 0 Å². The lowest BCUT2D eigenvalue weighted by molar-refractivity contribution is -0.869. The number of nitrogens with one attached hydrogen (secondary N) is 1. The number of hydrogen-bond acceptors (Lipinski definition) is 2. The second-order valence-electron chi connectivity index (χ2n) is 7.23. The zero-order valence-electron chi connectivity index (χ0n) is 15.2. The molecule has 0 saturated carbocycles. The number of unbranched alkanes of at least 4 members (excludes halogenated alkanes) is 12. The zero-order chi connectivity index (χ0) is 16.5. The first-order valence-electron chi connectivity index (χ1n) is 9.79. The van der Waals surface area contributed by atoms with Gasteiger partial charge in [-0.3, -0.25) is 0 Å². The number of aliphatic hydroxyl groups excluding tert-OH is 1. The molecule has 0 rings (SSSR count). The molecule has 0 bridgehead atoms. The molecule has 0 aromatic carbocycles. The molecule has 0 amide bonds. The molecule has 22 heavy (non-hydrogen) atoms. The molecule has 2 N–H and O–H groups in total. The molecule has 0 fully saturated rings. The van der Waals surface area contributed by atoms with Gasteiger partial charge in [0.1, 0.15) is 0 Å². The molecular weight excluding hydrogens is 274 g/mol. The van der Waals surface area contributed by atoms with E-state index in [-0.39, 0.29) is 11.8 Å². The largest absolute Gasteiger partial charge is 0.633 e. The molecular formula is C19H41NO2. The van der Waals surface area contributed by atoms with Crippen molar-refractivity contribution in [1.82, 2.24) is 0 Å². The average Bonchev–Trinajstić information content (AvgIpc) is 2.50. The molecule has 0 aliphatic heterocycles. The van der Waals surface area contributed by atoms with Crippen molar-refractivity contribution in [3.63, 3.8) is 0 Å². The molecule has 0 aromatic rings. The van der Waals surface area contributed by atoms with Gasteiger partial charge in [-0.25, -0.2) is 0 Å². The first-order chi connectivity index (χ1) is 10.7. The van der Waals surface area contributed by atoms with Gasteiger partial charge in [0.05, 0.1) is 6.54 Å². The Bertz CT molecular complexity index is 210. The van der Waals surface area contributed by atoms with Crippen LogP contribution < -0.4 is 5.06 Å². The van der Waals surface area contributed by atoms with Crippen LogP contribution in [0.1, 0.15) is 104 Å². The van der Waals surface area contributed by atoms with E-state index >= 15 is 0 Å². The minimum absolute atomic E-state index is 0.00999. The summed E-state index contributed by atoms with van der Waals surface area (Å²) in [6, 6.07) is 0. The topological polar surface area (TPSA) is 47.7 Å². The van der Waals surface area contributed by atoms with Gasteiger partial charge in [-0.15, -0.1) is 0 Å². The van der Waals surface area contributed by atoms with Crippen LogP contribution in [0.15, 0.2) is 0 Å². The second-order valence-corrected chi connectivity index (χ2v) is 7.23. The maximum Gasteiger partial charge on any atom is 0.178 e. The SMILES string of the molecule is CC(C)CCCCCCCCCCCCCCC[NH+]([O-])CO. The molecule has 0 aliphatic carbocycles. The molecule has 0 radical (unpaired) electrons. The highest BCUT2D eigenvalue weighted by Gasteiger charge is 1.97. The molecule has 0 saturated heterocycles. The molecule has 0 heterocycles. The maximum atomic E-state index is 10.9. The zero-order valence-corrected chi connectivity index (χ0v) is 15.2. The van der Waals surface area contributed by atoms with E-state index in [1.54, 1.807) is 0 Å². The number of rotatable bonds is 17. The lowest BCUT2D eigenvalue weighted by Gasteiger charge is -2.18. The molecule has 0 aromatic heterocycles. The van der Waals surface area contributed by atoms with Crippen LogP contribution in [0, 0.1) is 11.1 Å². The smallest absolute Gasteiger partial charge is 0.178 e. The Balaban J connectivity index is 3.00. The molecule has 134 valence electrons. The number of hydroxylamine groups is 2. The molecule has 1 unspecified atom stereocenters. The number of hydrogen-bond donors (Lipinski definition) is 2. The third-order valence-electron chi connectivity index (χ3n) is 4.41. The van der Waals surface area contributed by atoms with Crippen LogP contribution >= 0.6 is 0 Å². The first-order valence-corrected chi connectivity index (χ1v) is 9.79. The van der Waals surface area contributed by atoms with E-state index in [2.05, 4.69) is 13.8 Å². The monoisotopic (exact) mass is 315 g/mol. The highest BCUT2D eigenvalue weighted by Crippen LogP contribution is 2.14. The number of quaternary nitrogens is 1. The summed E-state index contributed by atoms with van der Waals surface area (Å²) < 4.78 is 0. The summed E-state index contributed by atoms with van der Waals surface area (Å²) >= 11 is 0. The van der Waals surface area contributed by atoms with Crippen LogP contribution in [0.4, 0.5) is 0 Å². The van der Waals surface area contributed by atoms with Gasteiger partial charge >= 0.3 is 0 Å². The third-order valence-corrected chi connectivity index (χ3v) is 4.41. The van der Waals surface area contributed by atoms with Gasteiger partial charge in [0.2, 0.25) is 0 Å². The fourth-order valence-electron chi connectivity index (χ4n) is 2.90. The predicted molar refractivity (Wildman–Crippen MR) is 95.8 cm³/mol. The van der Waals surface area contributed by atoms with Crippen LogP contribution in [-0.2, 0) is 0 Å². The van der Waals surface area contributed by atoms with E-state index in [1.165, 1.54) is 77.0 Å². The Morgan fingerprint density at radius 1 is 0.682 bits per heavy atom. The van der Waals surface area contributed by atoms with E-state index < -0.39 is 0 Å². The van der Waals surface area contributed by atoms with Crippen molar-refractivity contribution in [3.05, 3.63) is 5.21 Å². The standard InChI is InChI=1S/C19H41NO2/c1-19(2)16-14-12-10-8-6-4-3-5-7-9-11-13-15-17-20(22)18-21/h19-21H,3-18H2,1-2H3. The van der Waals surface area contributed by atoms with Crippen LogP contribution in [0.25, 0.3) is 0 Å². The Morgan fingerprint density at radius 3 is 1.41 bits per heavy atom. The Hall–Kier alpha value is -0.120. The Morgan fingerprint density at radius 2 is 1.05 bits per heavy atom. The normalized spacial score (nSPS) is 13.0. The summed E-state index contributed by atoms with van der Waals surface area (Å²) in [6.45, 7) is 4.91. The summed E-state index contributed by atoms with van der Waals surface area (Å²) in [5.74, 6) is 0.871. The summed E-state index contributed by atoms with van der Waals surface area (Å²) in [6.07, 6.45) is 18.7. The van der Waals surface area contributed by atoms with Gasteiger partial charge < -0.3 is 15.4 Å². The molecule has 3 heteroatoms. The molecule has 0 spiro atoms. The predicted octanol–water partition coefficient (Wildman–Crippen LogP) is 4.44.